The van der Waals surface area contributed by atoms with Crippen molar-refractivity contribution >= 4 is 17.9 Å². The number of carbonyl (C=O) groups excluding carboxylic acids is 2. The molecule has 0 unspecified atom stereocenters. The lowest BCUT2D eigenvalue weighted by Crippen LogP contribution is -2.44. The first-order chi connectivity index (χ1) is 15.3. The van der Waals surface area contributed by atoms with E-state index in [0.717, 1.165) is 43.2 Å². The molecule has 5 heteroatoms. The maximum absolute atomic E-state index is 11.6. The van der Waals surface area contributed by atoms with Crippen molar-refractivity contribution < 1.29 is 14.7 Å². The normalized spacial score (nSPS) is 32.1. The fraction of sp³-hybridized carbons (Fsp3) is 0.407. The number of rotatable bonds is 3. The molecule has 2 aromatic carbocycles. The highest BCUT2D eigenvalue weighted by molar-refractivity contribution is 5.93. The molecule has 2 amide bonds. The summed E-state index contributed by atoms with van der Waals surface area (Å²) in [5, 5.41) is 11.4. The number of primary amides is 2. The number of carbonyl (C=O) groups is 2. The molecular weight excluding hydrogens is 400 g/mol. The molecule has 2 aromatic rings. The Hall–Kier alpha value is -2.92. The number of aryl methyl sites for hydroxylation is 1. The van der Waals surface area contributed by atoms with Crippen LogP contribution < -0.4 is 11.5 Å². The summed E-state index contributed by atoms with van der Waals surface area (Å²) in [4.78, 5) is 23.2. The number of aliphatic hydroxyl groups is 1. The molecule has 5 nitrogen and oxygen atoms in total. The molecule has 3 aliphatic rings. The van der Waals surface area contributed by atoms with Gasteiger partial charge in [-0.3, -0.25) is 9.59 Å². The molecule has 0 bridgehead atoms. The van der Waals surface area contributed by atoms with Crippen LogP contribution in [0.15, 0.2) is 48.0 Å². The van der Waals surface area contributed by atoms with Gasteiger partial charge in [-0.2, -0.15) is 0 Å². The molecule has 5 N–H and O–H groups in total. The van der Waals surface area contributed by atoms with Gasteiger partial charge in [-0.05, 0) is 96.4 Å². The van der Waals surface area contributed by atoms with E-state index in [0.29, 0.717) is 28.9 Å². The zero-order valence-electron chi connectivity index (χ0n) is 18.4. The predicted molar refractivity (Wildman–Crippen MR) is 124 cm³/mol. The van der Waals surface area contributed by atoms with Crippen LogP contribution >= 0.6 is 0 Å². The molecule has 0 saturated heterocycles. The van der Waals surface area contributed by atoms with Crippen LogP contribution in [0.1, 0.15) is 75.9 Å². The smallest absolute Gasteiger partial charge is 0.248 e. The van der Waals surface area contributed by atoms with Gasteiger partial charge in [0.2, 0.25) is 11.8 Å². The third-order valence-corrected chi connectivity index (χ3v) is 8.40. The molecule has 2 fully saturated rings. The average molecular weight is 431 g/mol. The number of nitrogens with two attached hydrogens (primary N) is 2. The van der Waals surface area contributed by atoms with Crippen molar-refractivity contribution in [3.63, 3.8) is 0 Å². The Morgan fingerprint density at radius 1 is 1.06 bits per heavy atom. The van der Waals surface area contributed by atoms with Crippen LogP contribution in [0, 0.1) is 17.3 Å². The lowest BCUT2D eigenvalue weighted by atomic mass is 9.55. The number of amides is 2. The fourth-order valence-electron chi connectivity index (χ4n) is 6.73. The van der Waals surface area contributed by atoms with Gasteiger partial charge < -0.3 is 16.6 Å². The van der Waals surface area contributed by atoms with E-state index in [1.54, 1.807) is 12.1 Å². The van der Waals surface area contributed by atoms with Gasteiger partial charge in [0, 0.05) is 16.5 Å². The van der Waals surface area contributed by atoms with Crippen molar-refractivity contribution in [3.8, 4) is 0 Å². The minimum absolute atomic E-state index is 0.140. The lowest BCUT2D eigenvalue weighted by molar-refractivity contribution is -0.0158. The van der Waals surface area contributed by atoms with E-state index in [1.807, 2.05) is 30.3 Å². The third kappa shape index (κ3) is 3.27. The van der Waals surface area contributed by atoms with Gasteiger partial charge in [0.25, 0.3) is 0 Å². The van der Waals surface area contributed by atoms with Gasteiger partial charge in [0.1, 0.15) is 0 Å². The first-order valence-electron chi connectivity index (χ1n) is 11.5. The predicted octanol–water partition coefficient (Wildman–Crippen LogP) is 3.79. The van der Waals surface area contributed by atoms with Gasteiger partial charge in [-0.15, -0.1) is 0 Å². The Morgan fingerprint density at radius 2 is 1.81 bits per heavy atom. The van der Waals surface area contributed by atoms with Gasteiger partial charge in [-0.1, -0.05) is 31.2 Å². The maximum atomic E-state index is 11.6. The molecule has 2 saturated carbocycles. The van der Waals surface area contributed by atoms with Gasteiger partial charge in [0.05, 0.1) is 6.10 Å². The Bertz CT molecular complexity index is 1140. The second-order valence-corrected chi connectivity index (χ2v) is 10.1. The maximum Gasteiger partial charge on any atom is 0.248 e. The minimum atomic E-state index is -0.482. The van der Waals surface area contributed by atoms with Crippen LogP contribution in [-0.2, 0) is 6.42 Å². The van der Waals surface area contributed by atoms with Crippen LogP contribution in [0.25, 0.3) is 6.08 Å². The SMILES string of the molecule is C[C@]12CC[C@@H]3c4ccc(C(N)=O)cc4CC[C@H]3[C@@H]1C/C(=C\c1cccc(C(N)=O)c1)[C@@H]2O. The summed E-state index contributed by atoms with van der Waals surface area (Å²) in [5.41, 5.74) is 16.4. The molecule has 0 heterocycles. The van der Waals surface area contributed by atoms with Gasteiger partial charge in [-0.25, -0.2) is 0 Å². The van der Waals surface area contributed by atoms with Crippen LogP contribution in [0.2, 0.25) is 0 Å². The number of benzene rings is 2. The highest BCUT2D eigenvalue weighted by Gasteiger charge is 2.56. The van der Waals surface area contributed by atoms with E-state index >= 15 is 0 Å². The summed E-state index contributed by atoms with van der Waals surface area (Å²) < 4.78 is 0. The molecule has 32 heavy (non-hydrogen) atoms. The summed E-state index contributed by atoms with van der Waals surface area (Å²) in [6.07, 6.45) is 6.46. The van der Waals surface area contributed by atoms with E-state index < -0.39 is 12.0 Å². The topological polar surface area (TPSA) is 106 Å². The third-order valence-electron chi connectivity index (χ3n) is 8.40. The number of hydrogen-bond donors (Lipinski definition) is 3. The Kier molecular flexibility index (Phi) is 4.97. The average Bonchev–Trinajstić information content (AvgIpc) is 3.03. The standard InChI is InChI=1S/C27H30N2O3/c1-27-10-9-21-20-7-6-18(26(29)32)13-16(20)5-8-22(21)23(27)14-19(24(27)30)12-15-3-2-4-17(11-15)25(28)31/h2-4,6-7,11-13,21-24,30H,5,8-10,14H2,1H3,(H2,28,31)(H2,29,32)/b19-12+/t21-,22-,23+,24+,27+/m1/s1. The number of hydrogen-bond acceptors (Lipinski definition) is 3. The van der Waals surface area contributed by atoms with E-state index in [9.17, 15) is 14.7 Å². The summed E-state index contributed by atoms with van der Waals surface area (Å²) in [6.45, 7) is 2.24. The van der Waals surface area contributed by atoms with Crippen molar-refractivity contribution in [2.24, 2.45) is 28.7 Å². The summed E-state index contributed by atoms with van der Waals surface area (Å²) >= 11 is 0. The first-order valence-corrected chi connectivity index (χ1v) is 11.5. The highest BCUT2D eigenvalue weighted by atomic mass is 16.3. The molecule has 166 valence electrons. The molecule has 0 radical (unpaired) electrons. The Labute approximate surface area is 188 Å². The van der Waals surface area contributed by atoms with Crippen molar-refractivity contribution in [3.05, 3.63) is 75.9 Å². The fourth-order valence-corrected chi connectivity index (χ4v) is 6.73. The van der Waals surface area contributed by atoms with Crippen LogP contribution in [-0.4, -0.2) is 23.0 Å². The van der Waals surface area contributed by atoms with E-state index in [4.69, 9.17) is 11.5 Å². The minimum Gasteiger partial charge on any atom is -0.388 e. The summed E-state index contributed by atoms with van der Waals surface area (Å²) in [7, 11) is 0. The van der Waals surface area contributed by atoms with Crippen molar-refractivity contribution in [2.45, 2.75) is 51.0 Å². The highest BCUT2D eigenvalue weighted by Crippen LogP contribution is 2.62. The molecular formula is C27H30N2O3. The number of aliphatic hydroxyl groups excluding tert-OH is 1. The van der Waals surface area contributed by atoms with Crippen LogP contribution in [0.5, 0.6) is 0 Å². The molecule has 5 atom stereocenters. The first kappa shape index (κ1) is 21.0. The van der Waals surface area contributed by atoms with E-state index in [-0.39, 0.29) is 11.3 Å². The lowest BCUT2D eigenvalue weighted by Gasteiger charge is -2.49. The Balaban J connectivity index is 1.45. The largest absolute Gasteiger partial charge is 0.388 e. The second kappa shape index (κ2) is 7.59. The molecule has 3 aliphatic carbocycles. The quantitative estimate of drug-likeness (QED) is 0.689. The molecule has 0 aliphatic heterocycles. The molecule has 5 rings (SSSR count). The van der Waals surface area contributed by atoms with E-state index in [1.165, 1.54) is 11.1 Å². The molecule has 0 spiro atoms. The summed E-state index contributed by atoms with van der Waals surface area (Å²) in [6, 6.07) is 13.2. The van der Waals surface area contributed by atoms with Gasteiger partial charge >= 0.3 is 0 Å². The van der Waals surface area contributed by atoms with Crippen LogP contribution in [0.3, 0.4) is 0 Å². The van der Waals surface area contributed by atoms with Crippen molar-refractivity contribution in [1.82, 2.24) is 0 Å². The number of fused-ring (bicyclic) bond motifs is 5. The zero-order valence-corrected chi connectivity index (χ0v) is 18.4. The second-order valence-electron chi connectivity index (χ2n) is 10.1. The molecule has 0 aromatic heterocycles. The van der Waals surface area contributed by atoms with Crippen molar-refractivity contribution in [1.29, 1.82) is 0 Å². The van der Waals surface area contributed by atoms with Gasteiger partial charge in [0.15, 0.2) is 0 Å². The van der Waals surface area contributed by atoms with Crippen molar-refractivity contribution in [2.75, 3.05) is 0 Å². The zero-order chi connectivity index (χ0) is 22.6. The summed E-state index contributed by atoms with van der Waals surface area (Å²) in [5.74, 6) is 0.564. The van der Waals surface area contributed by atoms with E-state index in [2.05, 4.69) is 13.0 Å². The van der Waals surface area contributed by atoms with Crippen LogP contribution in [0.4, 0.5) is 0 Å². The monoisotopic (exact) mass is 430 g/mol. The Morgan fingerprint density at radius 3 is 2.56 bits per heavy atom.